The Balaban J connectivity index is 2.32. The summed E-state index contributed by atoms with van der Waals surface area (Å²) in [7, 11) is 0. The molecule has 16 heavy (non-hydrogen) atoms. The minimum Gasteiger partial charge on any atom is -0.311 e. The monoisotopic (exact) mass is 225 g/mol. The van der Waals surface area contributed by atoms with Crippen molar-refractivity contribution in [2.24, 2.45) is 11.3 Å². The zero-order valence-corrected chi connectivity index (χ0v) is 12.0. The van der Waals surface area contributed by atoms with Crippen molar-refractivity contribution in [1.82, 2.24) is 5.32 Å². The van der Waals surface area contributed by atoms with Gasteiger partial charge in [-0.1, -0.05) is 34.6 Å². The average molecular weight is 225 g/mol. The summed E-state index contributed by atoms with van der Waals surface area (Å²) in [5, 5.41) is 3.83. The van der Waals surface area contributed by atoms with Crippen molar-refractivity contribution >= 4 is 0 Å². The molecule has 0 aliphatic heterocycles. The lowest BCUT2D eigenvalue weighted by molar-refractivity contribution is 0.155. The van der Waals surface area contributed by atoms with Gasteiger partial charge in [-0.15, -0.1) is 0 Å². The molecule has 0 unspecified atom stereocenters. The van der Waals surface area contributed by atoms with Crippen LogP contribution in [0.1, 0.15) is 73.1 Å². The lowest BCUT2D eigenvalue weighted by Gasteiger charge is -2.38. The van der Waals surface area contributed by atoms with E-state index in [0.29, 0.717) is 5.41 Å². The van der Waals surface area contributed by atoms with Crippen LogP contribution in [-0.4, -0.2) is 12.1 Å². The second-order valence-electron chi connectivity index (χ2n) is 6.59. The van der Waals surface area contributed by atoms with E-state index in [2.05, 4.69) is 39.9 Å². The molecule has 1 rings (SSSR count). The third-order valence-corrected chi connectivity index (χ3v) is 4.41. The summed E-state index contributed by atoms with van der Waals surface area (Å²) in [6.07, 6.45) is 8.16. The third kappa shape index (κ3) is 4.08. The molecule has 0 heterocycles. The Kier molecular flexibility index (Phi) is 5.30. The molecule has 1 heteroatoms. The second kappa shape index (κ2) is 6.05. The molecule has 0 saturated heterocycles. The molecule has 0 spiro atoms. The predicted octanol–water partition coefficient (Wildman–Crippen LogP) is 4.37. The van der Waals surface area contributed by atoms with Crippen LogP contribution in [0, 0.1) is 11.3 Å². The van der Waals surface area contributed by atoms with E-state index in [1.54, 1.807) is 0 Å². The van der Waals surface area contributed by atoms with Crippen LogP contribution >= 0.6 is 0 Å². The number of rotatable bonds is 4. The summed E-state index contributed by atoms with van der Waals surface area (Å²) in [4.78, 5) is 0. The van der Waals surface area contributed by atoms with Crippen LogP contribution in [0.15, 0.2) is 0 Å². The van der Waals surface area contributed by atoms with E-state index in [-0.39, 0.29) is 0 Å². The Bertz CT molecular complexity index is 180. The lowest BCUT2D eigenvalue weighted by atomic mass is 9.71. The van der Waals surface area contributed by atoms with Crippen molar-refractivity contribution in [2.45, 2.75) is 85.2 Å². The van der Waals surface area contributed by atoms with Gasteiger partial charge in [0.05, 0.1) is 0 Å². The topological polar surface area (TPSA) is 12.0 Å². The Morgan fingerprint density at radius 2 is 1.50 bits per heavy atom. The summed E-state index contributed by atoms with van der Waals surface area (Å²) in [5.41, 5.74) is 0.514. The van der Waals surface area contributed by atoms with Crippen LogP contribution in [0.3, 0.4) is 0 Å². The van der Waals surface area contributed by atoms with E-state index < -0.39 is 0 Å². The van der Waals surface area contributed by atoms with E-state index in [0.717, 1.165) is 18.0 Å². The van der Waals surface area contributed by atoms with Gasteiger partial charge >= 0.3 is 0 Å². The first-order chi connectivity index (χ1) is 7.47. The second-order valence-corrected chi connectivity index (χ2v) is 6.59. The highest BCUT2D eigenvalue weighted by Gasteiger charge is 2.29. The summed E-state index contributed by atoms with van der Waals surface area (Å²) < 4.78 is 0. The maximum absolute atomic E-state index is 3.83. The molecule has 0 radical (unpaired) electrons. The Morgan fingerprint density at radius 1 is 1.00 bits per heavy atom. The summed E-state index contributed by atoms with van der Waals surface area (Å²) >= 11 is 0. The molecule has 0 aromatic carbocycles. The van der Waals surface area contributed by atoms with Crippen LogP contribution < -0.4 is 5.32 Å². The van der Waals surface area contributed by atoms with Crippen molar-refractivity contribution in [2.75, 3.05) is 0 Å². The molecule has 0 atom stereocenters. The van der Waals surface area contributed by atoms with Crippen molar-refractivity contribution in [3.63, 3.8) is 0 Å². The van der Waals surface area contributed by atoms with Gasteiger partial charge in [0.1, 0.15) is 0 Å². The molecule has 0 aromatic rings. The van der Waals surface area contributed by atoms with Crippen molar-refractivity contribution < 1.29 is 0 Å². The standard InChI is InChI=1S/C15H31N/c1-6-13(7-2)16-14-10-8-12(9-11-14)15(3,4)5/h12-14,16H,6-11H2,1-5H3. The molecule has 1 fully saturated rings. The Hall–Kier alpha value is -0.0400. The SMILES string of the molecule is CCC(CC)NC1CCC(C(C)(C)C)CC1. The fraction of sp³-hybridized carbons (Fsp3) is 1.00. The van der Waals surface area contributed by atoms with Crippen LogP contribution in [0.4, 0.5) is 0 Å². The van der Waals surface area contributed by atoms with Crippen LogP contribution in [0.5, 0.6) is 0 Å². The molecule has 1 nitrogen and oxygen atoms in total. The fourth-order valence-corrected chi connectivity index (χ4v) is 2.98. The first kappa shape index (κ1) is 14.0. The number of hydrogen-bond donors (Lipinski definition) is 1. The maximum atomic E-state index is 3.83. The maximum Gasteiger partial charge on any atom is 0.00698 e. The quantitative estimate of drug-likeness (QED) is 0.749. The third-order valence-electron chi connectivity index (χ3n) is 4.41. The van der Waals surface area contributed by atoms with Crippen molar-refractivity contribution in [3.05, 3.63) is 0 Å². The van der Waals surface area contributed by atoms with E-state index in [1.165, 1.54) is 38.5 Å². The van der Waals surface area contributed by atoms with Gasteiger partial charge in [-0.3, -0.25) is 0 Å². The Morgan fingerprint density at radius 3 is 1.88 bits per heavy atom. The molecular formula is C15H31N. The van der Waals surface area contributed by atoms with Gasteiger partial charge in [-0.2, -0.15) is 0 Å². The first-order valence-electron chi connectivity index (χ1n) is 7.23. The smallest absolute Gasteiger partial charge is 0.00698 e. The highest BCUT2D eigenvalue weighted by molar-refractivity contribution is 4.84. The molecule has 0 bridgehead atoms. The minimum atomic E-state index is 0.514. The van der Waals surface area contributed by atoms with Crippen molar-refractivity contribution in [1.29, 1.82) is 0 Å². The molecule has 1 N–H and O–H groups in total. The highest BCUT2D eigenvalue weighted by Crippen LogP contribution is 2.37. The normalized spacial score (nSPS) is 27.4. The summed E-state index contributed by atoms with van der Waals surface area (Å²) in [5.74, 6) is 0.937. The lowest BCUT2D eigenvalue weighted by Crippen LogP contribution is -2.41. The molecule has 0 amide bonds. The van der Waals surface area contributed by atoms with E-state index in [1.807, 2.05) is 0 Å². The number of hydrogen-bond acceptors (Lipinski definition) is 1. The first-order valence-corrected chi connectivity index (χ1v) is 7.23. The Labute approximate surface area is 102 Å². The van der Waals surface area contributed by atoms with Gasteiger partial charge in [-0.25, -0.2) is 0 Å². The van der Waals surface area contributed by atoms with Crippen molar-refractivity contribution in [3.8, 4) is 0 Å². The molecular weight excluding hydrogens is 194 g/mol. The van der Waals surface area contributed by atoms with Gasteiger partial charge in [0.15, 0.2) is 0 Å². The van der Waals surface area contributed by atoms with Gasteiger partial charge in [0, 0.05) is 12.1 Å². The van der Waals surface area contributed by atoms with Crippen LogP contribution in [-0.2, 0) is 0 Å². The molecule has 1 aliphatic rings. The molecule has 1 aliphatic carbocycles. The molecule has 0 aromatic heterocycles. The largest absolute Gasteiger partial charge is 0.311 e. The fourth-order valence-electron chi connectivity index (χ4n) is 2.98. The van der Waals surface area contributed by atoms with Gasteiger partial charge in [-0.05, 0) is 49.9 Å². The van der Waals surface area contributed by atoms with E-state index >= 15 is 0 Å². The highest BCUT2D eigenvalue weighted by atomic mass is 14.9. The summed E-state index contributed by atoms with van der Waals surface area (Å²) in [6, 6.07) is 1.54. The van der Waals surface area contributed by atoms with Crippen LogP contribution in [0.2, 0.25) is 0 Å². The van der Waals surface area contributed by atoms with Gasteiger partial charge in [0.25, 0.3) is 0 Å². The zero-order chi connectivity index (χ0) is 12.2. The average Bonchev–Trinajstić information content (AvgIpc) is 2.25. The number of nitrogens with one attached hydrogen (secondary N) is 1. The van der Waals surface area contributed by atoms with Gasteiger partial charge < -0.3 is 5.32 Å². The molecule has 1 saturated carbocycles. The zero-order valence-electron chi connectivity index (χ0n) is 12.0. The molecule has 96 valence electrons. The van der Waals surface area contributed by atoms with Crippen LogP contribution in [0.25, 0.3) is 0 Å². The van der Waals surface area contributed by atoms with Gasteiger partial charge in [0.2, 0.25) is 0 Å². The summed E-state index contributed by atoms with van der Waals surface area (Å²) in [6.45, 7) is 11.8. The van der Waals surface area contributed by atoms with E-state index in [4.69, 9.17) is 0 Å². The predicted molar refractivity (Wildman–Crippen MR) is 72.7 cm³/mol. The minimum absolute atomic E-state index is 0.514. The van der Waals surface area contributed by atoms with E-state index in [9.17, 15) is 0 Å².